The Morgan fingerprint density at radius 2 is 0.364 bits per heavy atom. The van der Waals surface area contributed by atoms with E-state index in [1.54, 1.807) is 0 Å². The summed E-state index contributed by atoms with van der Waals surface area (Å²) in [4.78, 5) is 0. The molecule has 0 unspecified atom stereocenters. The second-order valence-electron chi connectivity index (χ2n) is 20.1. The summed E-state index contributed by atoms with van der Waals surface area (Å²) >= 11 is 10.3. The van der Waals surface area contributed by atoms with Gasteiger partial charge < -0.3 is 0 Å². The highest BCUT2D eigenvalue weighted by Crippen LogP contribution is 2.47. The molecule has 0 spiro atoms. The maximum Gasteiger partial charge on any atom is 0.251 e. The summed E-state index contributed by atoms with van der Waals surface area (Å²) in [5.41, 5.74) is 23.8. The van der Waals surface area contributed by atoms with E-state index in [4.69, 9.17) is 0 Å². The molecule has 0 aliphatic carbocycles. The Balaban J connectivity index is 1.47. The van der Waals surface area contributed by atoms with Crippen LogP contribution in [0.3, 0.4) is 0 Å². The topological polar surface area (TPSA) is 0 Å². The second-order valence-corrected chi connectivity index (χ2v) is 24.6. The molecule has 77 heavy (non-hydrogen) atoms. The van der Waals surface area contributed by atoms with Gasteiger partial charge in [-0.15, -0.1) is 11.1 Å². The van der Waals surface area contributed by atoms with Gasteiger partial charge in [0, 0.05) is 0 Å². The molecule has 0 bridgehead atoms. The van der Waals surface area contributed by atoms with Gasteiger partial charge in [0.2, 0.25) is 0 Å². The number of hydrogen-bond acceptors (Lipinski definition) is 0. The normalized spacial score (nSPS) is 11.4. The van der Waals surface area contributed by atoms with Crippen molar-refractivity contribution in [2.75, 3.05) is 0 Å². The zero-order chi connectivity index (χ0) is 52.3. The third kappa shape index (κ3) is 9.08. The first-order valence-electron chi connectivity index (χ1n) is 26.6. The Morgan fingerprint density at radius 1 is 0.208 bits per heavy atom. The number of hydrogen-bond donors (Lipinski definition) is 0. The number of aryl methyl sites for hydroxylation is 3. The molecular weight excluding hydrogens is 964 g/mol. The highest BCUT2D eigenvalue weighted by atomic mass is 35.6. The van der Waals surface area contributed by atoms with Crippen LogP contribution in [0, 0.1) is 20.8 Å². The maximum absolute atomic E-state index is 10.3. The van der Waals surface area contributed by atoms with Gasteiger partial charge in [0.15, 0.2) is 0 Å². The highest BCUT2D eigenvalue weighted by molar-refractivity contribution is 7.42. The summed E-state index contributed by atoms with van der Waals surface area (Å²) in [7, 11) is -4.33. The highest BCUT2D eigenvalue weighted by Gasteiger charge is 2.50. The van der Waals surface area contributed by atoms with Gasteiger partial charge in [-0.3, -0.25) is 0 Å². The van der Waals surface area contributed by atoms with Crippen molar-refractivity contribution in [1.29, 1.82) is 0 Å². The van der Waals surface area contributed by atoms with Crippen LogP contribution in [-0.4, -0.2) is 7.38 Å². The molecule has 368 valence electrons. The van der Waals surface area contributed by atoms with Crippen LogP contribution in [0.5, 0.6) is 0 Å². The zero-order valence-corrected chi connectivity index (χ0v) is 45.3. The summed E-state index contributed by atoms with van der Waals surface area (Å²) in [5.74, 6) is 0. The Hall–Kier alpha value is -8.85. The minimum absolute atomic E-state index is 1.11. The number of rotatable bonds is 12. The number of benzene rings is 12. The molecule has 12 rings (SSSR count). The lowest BCUT2D eigenvalue weighted by molar-refractivity contribution is 1.44. The summed E-state index contributed by atoms with van der Waals surface area (Å²) < 4.78 is 0. The van der Waals surface area contributed by atoms with Gasteiger partial charge in [0.1, 0.15) is 0 Å². The van der Waals surface area contributed by atoms with Gasteiger partial charge in [-0.2, -0.15) is 0 Å². The summed E-state index contributed by atoms with van der Waals surface area (Å²) in [6.07, 6.45) is 0. The summed E-state index contributed by atoms with van der Waals surface area (Å²) in [6.45, 7) is 6.87. The van der Waals surface area contributed by atoms with E-state index in [9.17, 15) is 11.1 Å². The first-order valence-corrected chi connectivity index (χ1v) is 29.6. The molecule has 0 fully saturated rings. The van der Waals surface area contributed by atoms with Crippen molar-refractivity contribution in [3.05, 3.63) is 308 Å². The van der Waals surface area contributed by atoms with E-state index in [-0.39, 0.29) is 0 Å². The van der Waals surface area contributed by atoms with Gasteiger partial charge >= 0.3 is 0 Å². The van der Waals surface area contributed by atoms with Crippen molar-refractivity contribution in [2.45, 2.75) is 20.8 Å². The fraction of sp³-hybridized carbons (Fsp3) is 0.0400. The fourth-order valence-electron chi connectivity index (χ4n) is 12.0. The quantitative estimate of drug-likeness (QED) is 0.0650. The van der Waals surface area contributed by atoms with Crippen LogP contribution in [0.4, 0.5) is 0 Å². The predicted molar refractivity (Wildman–Crippen MR) is 333 cm³/mol. The second kappa shape index (κ2) is 21.4. The number of halogens is 1. The minimum Gasteiger partial charge on any atom is -0.149 e. The maximum atomic E-state index is 10.3. The van der Waals surface area contributed by atoms with Crippen molar-refractivity contribution in [3.63, 3.8) is 0 Å². The van der Waals surface area contributed by atoms with Crippen molar-refractivity contribution in [3.8, 4) is 100 Å². The van der Waals surface area contributed by atoms with Gasteiger partial charge in [0.05, 0.1) is 0 Å². The Morgan fingerprint density at radius 3 is 0.545 bits per heavy atom. The van der Waals surface area contributed by atoms with E-state index in [1.807, 2.05) is 0 Å². The van der Waals surface area contributed by atoms with E-state index in [0.717, 1.165) is 99.0 Å². The van der Waals surface area contributed by atoms with Gasteiger partial charge in [0.25, 0.3) is 7.38 Å². The van der Waals surface area contributed by atoms with Crippen LogP contribution < -0.4 is 15.6 Å². The standard InChI is InChI=1S/C75H57ClSi/c1-52-49-64(55-31-13-4-14-32-55)73(70(61-43-25-10-26-44-61)67(52)58-37-19-7-20-38-58)77(76,74-65(56-33-15-5-16-34-56)50-53(2)68(59-39-21-8-22-40-59)71(74)62-45-27-11-28-46-62)75-66(57-35-17-6-18-36-57)51-54(3)69(60-41-23-9-24-42-60)72(75)63-47-29-12-30-48-63/h4-51H,1-3H3. The summed E-state index contributed by atoms with van der Waals surface area (Å²) in [6, 6.07) is 107. The van der Waals surface area contributed by atoms with Crippen molar-refractivity contribution in [1.82, 2.24) is 0 Å². The Bertz CT molecular complexity index is 3570. The average molecular weight is 1020 g/mol. The van der Waals surface area contributed by atoms with E-state index in [1.165, 1.54) is 33.4 Å². The molecule has 0 saturated carbocycles. The third-order valence-electron chi connectivity index (χ3n) is 15.2. The van der Waals surface area contributed by atoms with Crippen LogP contribution in [0.25, 0.3) is 100 Å². The lowest BCUT2D eigenvalue weighted by atomic mass is 9.86. The molecule has 0 aliphatic heterocycles. The molecule has 0 N–H and O–H groups in total. The lowest BCUT2D eigenvalue weighted by Gasteiger charge is -2.40. The van der Waals surface area contributed by atoms with Crippen LogP contribution >= 0.6 is 11.1 Å². The first kappa shape index (κ1) is 49.0. The molecule has 0 atom stereocenters. The van der Waals surface area contributed by atoms with Crippen LogP contribution in [0.15, 0.2) is 291 Å². The smallest absolute Gasteiger partial charge is 0.149 e. The molecule has 12 aromatic rings. The van der Waals surface area contributed by atoms with Crippen molar-refractivity contribution >= 4 is 34.0 Å². The van der Waals surface area contributed by atoms with E-state index in [0.29, 0.717) is 0 Å². The molecule has 12 aromatic carbocycles. The van der Waals surface area contributed by atoms with E-state index >= 15 is 0 Å². The zero-order valence-electron chi connectivity index (χ0n) is 43.6. The molecule has 2 heteroatoms. The SMILES string of the molecule is Cc1cc(-c2ccccc2)c([Si](Cl)(c2c(-c3ccccc3)cc(C)c(-c3ccccc3)c2-c2ccccc2)c2c(-c3ccccc3)cc(C)c(-c3ccccc3)c2-c2ccccc2)c(-c2ccccc2)c1-c1ccccc1. The third-order valence-corrected chi connectivity index (χ3v) is 20.6. The molecule has 0 aliphatic rings. The van der Waals surface area contributed by atoms with Gasteiger partial charge in [-0.1, -0.05) is 291 Å². The van der Waals surface area contributed by atoms with E-state index < -0.39 is 7.38 Å². The van der Waals surface area contributed by atoms with Crippen LogP contribution in [-0.2, 0) is 0 Å². The molecule has 0 heterocycles. The molecule has 0 amide bonds. The monoisotopic (exact) mass is 1020 g/mol. The summed E-state index contributed by atoms with van der Waals surface area (Å²) in [5, 5.41) is 3.40. The first-order chi connectivity index (χ1) is 37.9. The van der Waals surface area contributed by atoms with Crippen molar-refractivity contribution < 1.29 is 0 Å². The fourth-order valence-corrected chi connectivity index (χ4v) is 18.2. The van der Waals surface area contributed by atoms with Crippen molar-refractivity contribution in [2.24, 2.45) is 0 Å². The molecular formula is C75H57ClSi. The molecule has 0 radical (unpaired) electrons. The molecule has 0 aromatic heterocycles. The largest absolute Gasteiger partial charge is 0.251 e. The molecule has 0 saturated heterocycles. The minimum atomic E-state index is -4.33. The van der Waals surface area contributed by atoms with Gasteiger partial charge in [-0.25, -0.2) is 0 Å². The lowest BCUT2D eigenvalue weighted by Crippen LogP contribution is -2.66. The Kier molecular flexibility index (Phi) is 13.6. The van der Waals surface area contributed by atoms with Gasteiger partial charge in [-0.05, 0) is 153 Å². The van der Waals surface area contributed by atoms with E-state index in [2.05, 4.69) is 312 Å². The average Bonchev–Trinajstić information content (AvgIpc) is 3.55. The van der Waals surface area contributed by atoms with Crippen LogP contribution in [0.1, 0.15) is 16.7 Å². The van der Waals surface area contributed by atoms with Crippen LogP contribution in [0.2, 0.25) is 0 Å². The predicted octanol–water partition coefficient (Wildman–Crippen LogP) is 18.8. The Labute approximate surface area is 460 Å². The molecule has 0 nitrogen and oxygen atoms in total.